The molecule has 3 rings (SSSR count). The predicted octanol–water partition coefficient (Wildman–Crippen LogP) is 3.91. The maximum absolute atomic E-state index is 12.0. The van der Waals surface area contributed by atoms with Crippen molar-refractivity contribution in [1.29, 1.82) is 0 Å². The maximum atomic E-state index is 12.0. The number of amides is 1. The number of hydrogen-bond acceptors (Lipinski definition) is 3. The molecule has 0 atom stereocenters. The summed E-state index contributed by atoms with van der Waals surface area (Å²) >= 11 is 5.82. The number of carbonyl (C=O) groups is 1. The summed E-state index contributed by atoms with van der Waals surface area (Å²) in [6, 6.07) is 12.6. The Hall–Kier alpha value is -2.92. The number of nitrogens with one attached hydrogen (secondary N) is 1. The second-order valence-corrected chi connectivity index (χ2v) is 6.02. The highest BCUT2D eigenvalue weighted by atomic mass is 35.5. The summed E-state index contributed by atoms with van der Waals surface area (Å²) in [5.41, 5.74) is 7.04. The lowest BCUT2D eigenvalue weighted by Gasteiger charge is -2.08. The fourth-order valence-corrected chi connectivity index (χ4v) is 2.75. The van der Waals surface area contributed by atoms with Crippen molar-refractivity contribution in [3.05, 3.63) is 82.4 Å². The fourth-order valence-electron chi connectivity index (χ4n) is 2.63. The fraction of sp³-hybridized carbons (Fsp3) is 0.105. The van der Waals surface area contributed by atoms with Gasteiger partial charge in [-0.3, -0.25) is 9.78 Å². The minimum Gasteiger partial charge on any atom is -0.316 e. The van der Waals surface area contributed by atoms with Crippen LogP contribution >= 0.6 is 11.6 Å². The molecule has 25 heavy (non-hydrogen) atoms. The van der Waals surface area contributed by atoms with Crippen molar-refractivity contribution in [2.75, 3.05) is 0 Å². The third kappa shape index (κ3) is 3.78. The van der Waals surface area contributed by atoms with Crippen LogP contribution < -0.4 is 5.43 Å². The van der Waals surface area contributed by atoms with E-state index in [-0.39, 0.29) is 5.91 Å². The second kappa shape index (κ2) is 7.32. The molecule has 2 aromatic heterocycles. The lowest BCUT2D eigenvalue weighted by molar-refractivity contribution is 0.0955. The molecule has 1 N–H and O–H groups in total. The SMILES string of the molecule is Cc1cc(/C=N\NC(=O)c2ccc(Cl)cc2)c(C)n1-c1cccnc1. The van der Waals surface area contributed by atoms with E-state index in [0.29, 0.717) is 10.6 Å². The first-order valence-electron chi connectivity index (χ1n) is 7.74. The van der Waals surface area contributed by atoms with Gasteiger partial charge in [0.2, 0.25) is 0 Å². The molecule has 0 aliphatic heterocycles. The summed E-state index contributed by atoms with van der Waals surface area (Å²) in [6.45, 7) is 4.02. The van der Waals surface area contributed by atoms with Crippen molar-refractivity contribution in [2.24, 2.45) is 5.10 Å². The monoisotopic (exact) mass is 352 g/mol. The summed E-state index contributed by atoms with van der Waals surface area (Å²) in [7, 11) is 0. The Morgan fingerprint density at radius 2 is 2.00 bits per heavy atom. The number of pyridine rings is 1. The number of hydrogen-bond donors (Lipinski definition) is 1. The largest absolute Gasteiger partial charge is 0.316 e. The second-order valence-electron chi connectivity index (χ2n) is 5.58. The van der Waals surface area contributed by atoms with Crippen molar-refractivity contribution < 1.29 is 4.79 Å². The number of aromatic nitrogens is 2. The quantitative estimate of drug-likeness (QED) is 0.571. The van der Waals surface area contributed by atoms with E-state index in [2.05, 4.69) is 20.1 Å². The highest BCUT2D eigenvalue weighted by Gasteiger charge is 2.09. The molecular weight excluding hydrogens is 336 g/mol. The van der Waals surface area contributed by atoms with Crippen LogP contribution in [0.25, 0.3) is 5.69 Å². The highest BCUT2D eigenvalue weighted by molar-refractivity contribution is 6.30. The van der Waals surface area contributed by atoms with Crippen LogP contribution in [0.15, 0.2) is 60.0 Å². The Morgan fingerprint density at radius 3 is 2.68 bits per heavy atom. The minimum atomic E-state index is -0.283. The van der Waals surface area contributed by atoms with Gasteiger partial charge in [0.25, 0.3) is 5.91 Å². The number of nitrogens with zero attached hydrogens (tertiary/aromatic N) is 3. The topological polar surface area (TPSA) is 59.3 Å². The Labute approximate surface area is 151 Å². The number of rotatable bonds is 4. The Balaban J connectivity index is 1.76. The van der Waals surface area contributed by atoms with Crippen molar-refractivity contribution in [2.45, 2.75) is 13.8 Å². The summed E-state index contributed by atoms with van der Waals surface area (Å²) in [4.78, 5) is 16.2. The van der Waals surface area contributed by atoms with Crippen LogP contribution in [0.1, 0.15) is 27.3 Å². The third-order valence-corrected chi connectivity index (χ3v) is 4.10. The van der Waals surface area contributed by atoms with Crippen molar-refractivity contribution in [1.82, 2.24) is 15.0 Å². The van der Waals surface area contributed by atoms with Crippen LogP contribution in [0, 0.1) is 13.8 Å². The van der Waals surface area contributed by atoms with Crippen LogP contribution in [0.5, 0.6) is 0 Å². The average molecular weight is 353 g/mol. The van der Waals surface area contributed by atoms with E-state index in [1.807, 2.05) is 38.2 Å². The number of aryl methyl sites for hydroxylation is 1. The molecule has 0 fully saturated rings. The third-order valence-electron chi connectivity index (χ3n) is 3.85. The van der Waals surface area contributed by atoms with Gasteiger partial charge in [-0.05, 0) is 56.3 Å². The number of benzene rings is 1. The molecule has 0 radical (unpaired) electrons. The van der Waals surface area contributed by atoms with E-state index in [4.69, 9.17) is 11.6 Å². The zero-order valence-corrected chi connectivity index (χ0v) is 14.7. The molecule has 1 aromatic carbocycles. The first kappa shape index (κ1) is 16.9. The molecular formula is C19H17ClN4O. The molecule has 0 bridgehead atoms. The first-order valence-corrected chi connectivity index (χ1v) is 8.12. The summed E-state index contributed by atoms with van der Waals surface area (Å²) in [5.74, 6) is -0.283. The van der Waals surface area contributed by atoms with Crippen LogP contribution in [0.2, 0.25) is 5.02 Å². The Morgan fingerprint density at radius 1 is 1.24 bits per heavy atom. The Bertz CT molecular complexity index is 915. The van der Waals surface area contributed by atoms with E-state index in [9.17, 15) is 4.79 Å². The zero-order chi connectivity index (χ0) is 17.8. The van der Waals surface area contributed by atoms with Gasteiger partial charge in [0.15, 0.2) is 0 Å². The highest BCUT2D eigenvalue weighted by Crippen LogP contribution is 2.18. The van der Waals surface area contributed by atoms with Crippen LogP contribution in [0.4, 0.5) is 0 Å². The van der Waals surface area contributed by atoms with Gasteiger partial charge >= 0.3 is 0 Å². The maximum Gasteiger partial charge on any atom is 0.271 e. The van der Waals surface area contributed by atoms with Crippen LogP contribution in [-0.4, -0.2) is 21.7 Å². The molecule has 1 amide bonds. The van der Waals surface area contributed by atoms with Crippen molar-refractivity contribution in [3.63, 3.8) is 0 Å². The molecule has 0 saturated heterocycles. The Kier molecular flexibility index (Phi) is 4.95. The molecule has 2 heterocycles. The van der Waals surface area contributed by atoms with E-state index in [1.165, 1.54) is 0 Å². The molecule has 0 spiro atoms. The lowest BCUT2D eigenvalue weighted by atomic mass is 10.2. The molecule has 0 unspecified atom stereocenters. The zero-order valence-electron chi connectivity index (χ0n) is 13.9. The van der Waals surface area contributed by atoms with Crippen molar-refractivity contribution >= 4 is 23.7 Å². The van der Waals surface area contributed by atoms with Crippen molar-refractivity contribution in [3.8, 4) is 5.69 Å². The summed E-state index contributed by atoms with van der Waals surface area (Å²) in [6.07, 6.45) is 5.19. The van der Waals surface area contributed by atoms with Gasteiger partial charge in [-0.1, -0.05) is 11.6 Å². The van der Waals surface area contributed by atoms with Gasteiger partial charge in [-0.2, -0.15) is 5.10 Å². The molecule has 3 aromatic rings. The van der Waals surface area contributed by atoms with Crippen LogP contribution in [0.3, 0.4) is 0 Å². The van der Waals surface area contributed by atoms with E-state index >= 15 is 0 Å². The average Bonchev–Trinajstić information content (AvgIpc) is 2.90. The van der Waals surface area contributed by atoms with E-state index in [1.54, 1.807) is 36.7 Å². The van der Waals surface area contributed by atoms with Gasteiger partial charge in [0, 0.05) is 33.7 Å². The van der Waals surface area contributed by atoms with Crippen LogP contribution in [-0.2, 0) is 0 Å². The molecule has 0 aliphatic carbocycles. The van der Waals surface area contributed by atoms with Gasteiger partial charge in [0.1, 0.15) is 0 Å². The summed E-state index contributed by atoms with van der Waals surface area (Å²) in [5, 5.41) is 4.65. The molecule has 0 aliphatic rings. The number of hydrazone groups is 1. The molecule has 126 valence electrons. The minimum absolute atomic E-state index is 0.283. The van der Waals surface area contributed by atoms with Gasteiger partial charge in [0.05, 0.1) is 18.1 Å². The smallest absolute Gasteiger partial charge is 0.271 e. The van der Waals surface area contributed by atoms with E-state index in [0.717, 1.165) is 22.6 Å². The first-order chi connectivity index (χ1) is 12.1. The predicted molar refractivity (Wildman–Crippen MR) is 99.6 cm³/mol. The van der Waals surface area contributed by atoms with Gasteiger partial charge in [-0.25, -0.2) is 5.43 Å². The lowest BCUT2D eigenvalue weighted by Crippen LogP contribution is -2.17. The molecule has 5 nitrogen and oxygen atoms in total. The standard InChI is InChI=1S/C19H17ClN4O/c1-13-10-16(14(2)24(13)18-4-3-9-21-12-18)11-22-23-19(25)15-5-7-17(20)8-6-15/h3-12H,1-2H3,(H,23,25)/b22-11-. The molecule has 0 saturated carbocycles. The number of halogens is 1. The molecule has 6 heteroatoms. The number of carbonyl (C=O) groups excluding carboxylic acids is 1. The normalized spacial score (nSPS) is 11.0. The van der Waals surface area contributed by atoms with Gasteiger partial charge in [-0.15, -0.1) is 0 Å². The van der Waals surface area contributed by atoms with Gasteiger partial charge < -0.3 is 4.57 Å². The summed E-state index contributed by atoms with van der Waals surface area (Å²) < 4.78 is 2.09. The van der Waals surface area contributed by atoms with E-state index < -0.39 is 0 Å².